The van der Waals surface area contributed by atoms with Crippen molar-refractivity contribution in [1.82, 2.24) is 9.97 Å². The Labute approximate surface area is 161 Å². The Hall–Kier alpha value is -2.86. The number of benzene rings is 2. The minimum absolute atomic E-state index is 0.0748. The zero-order chi connectivity index (χ0) is 19.0. The molecule has 0 radical (unpaired) electrons. The van der Waals surface area contributed by atoms with Gasteiger partial charge >= 0.3 is 0 Å². The van der Waals surface area contributed by atoms with Gasteiger partial charge in [0.1, 0.15) is 22.0 Å². The van der Waals surface area contributed by atoms with E-state index in [2.05, 4.69) is 15.3 Å². The fourth-order valence-corrected chi connectivity index (χ4v) is 3.78. The number of amides is 1. The van der Waals surface area contributed by atoms with Gasteiger partial charge < -0.3 is 9.73 Å². The number of hydrogen-bond donors (Lipinski definition) is 1. The van der Waals surface area contributed by atoms with Crippen molar-refractivity contribution in [1.29, 1.82) is 0 Å². The fraction of sp³-hybridized carbons (Fsp3) is 0.190. The molecule has 0 bridgehead atoms. The summed E-state index contributed by atoms with van der Waals surface area (Å²) in [7, 11) is 0. The summed E-state index contributed by atoms with van der Waals surface area (Å²) in [5.74, 6) is 0.830. The summed E-state index contributed by atoms with van der Waals surface area (Å²) in [5.41, 5.74) is 5.26. The van der Waals surface area contributed by atoms with Gasteiger partial charge in [-0.15, -0.1) is 0 Å². The predicted molar refractivity (Wildman–Crippen MR) is 109 cm³/mol. The highest BCUT2D eigenvalue weighted by Gasteiger charge is 2.16. The molecule has 27 heavy (non-hydrogen) atoms. The highest BCUT2D eigenvalue weighted by Crippen LogP contribution is 2.33. The van der Waals surface area contributed by atoms with E-state index in [9.17, 15) is 4.79 Å². The third-order valence-electron chi connectivity index (χ3n) is 4.52. The smallest absolute Gasteiger partial charge is 0.234 e. The van der Waals surface area contributed by atoms with Crippen molar-refractivity contribution in [2.75, 3.05) is 11.1 Å². The maximum Gasteiger partial charge on any atom is 0.234 e. The van der Waals surface area contributed by atoms with Gasteiger partial charge in [0, 0.05) is 11.1 Å². The standard InChI is InChI=1S/C21H19N3O2S/c1-12-7-6-9-16(13(12)2)24-18(25)11-27-21-20-19(22-14(3)23-21)15-8-4-5-10-17(15)26-20/h4-10H,11H2,1-3H3,(H,24,25). The van der Waals surface area contributed by atoms with Gasteiger partial charge in [0.25, 0.3) is 0 Å². The van der Waals surface area contributed by atoms with E-state index in [1.54, 1.807) is 0 Å². The van der Waals surface area contributed by atoms with Gasteiger partial charge in [0.2, 0.25) is 5.91 Å². The van der Waals surface area contributed by atoms with E-state index < -0.39 is 0 Å². The molecule has 4 aromatic rings. The van der Waals surface area contributed by atoms with Gasteiger partial charge in [-0.2, -0.15) is 0 Å². The van der Waals surface area contributed by atoms with Crippen molar-refractivity contribution in [2.45, 2.75) is 25.8 Å². The molecule has 0 spiro atoms. The van der Waals surface area contributed by atoms with Crippen LogP contribution in [0.2, 0.25) is 0 Å². The molecular weight excluding hydrogens is 358 g/mol. The second kappa shape index (κ2) is 7.04. The van der Waals surface area contributed by atoms with E-state index in [0.29, 0.717) is 16.4 Å². The van der Waals surface area contributed by atoms with E-state index in [1.165, 1.54) is 11.8 Å². The summed E-state index contributed by atoms with van der Waals surface area (Å²) in [5, 5.41) is 4.62. The number of furan rings is 1. The predicted octanol–water partition coefficient (Wildman–Crippen LogP) is 5.03. The van der Waals surface area contributed by atoms with Gasteiger partial charge in [-0.25, -0.2) is 9.97 Å². The minimum atomic E-state index is -0.0748. The minimum Gasteiger partial charge on any atom is -0.451 e. The third-order valence-corrected chi connectivity index (χ3v) is 5.48. The van der Waals surface area contributed by atoms with Gasteiger partial charge in [0.05, 0.1) is 5.75 Å². The molecule has 5 nitrogen and oxygen atoms in total. The number of carbonyl (C=O) groups is 1. The van der Waals surface area contributed by atoms with Gasteiger partial charge in [-0.05, 0) is 50.1 Å². The molecule has 0 fully saturated rings. The number of aromatic nitrogens is 2. The Bertz CT molecular complexity index is 1170. The summed E-state index contributed by atoms with van der Waals surface area (Å²) in [4.78, 5) is 21.4. The molecule has 0 aliphatic carbocycles. The second-order valence-corrected chi connectivity index (χ2v) is 7.40. The lowest BCUT2D eigenvalue weighted by Crippen LogP contribution is -2.15. The largest absolute Gasteiger partial charge is 0.451 e. The average Bonchev–Trinajstić information content (AvgIpc) is 3.02. The number of aryl methyl sites for hydroxylation is 2. The highest BCUT2D eigenvalue weighted by atomic mass is 32.2. The molecule has 0 saturated heterocycles. The monoisotopic (exact) mass is 377 g/mol. The van der Waals surface area contributed by atoms with Crippen LogP contribution in [0.5, 0.6) is 0 Å². The van der Waals surface area contributed by atoms with Gasteiger partial charge in [0.15, 0.2) is 5.58 Å². The molecule has 4 rings (SSSR count). The van der Waals surface area contributed by atoms with Gasteiger partial charge in [-0.3, -0.25) is 4.79 Å². The maximum atomic E-state index is 12.4. The summed E-state index contributed by atoms with van der Waals surface area (Å²) in [6.45, 7) is 5.88. The van der Waals surface area contributed by atoms with Crippen molar-refractivity contribution in [3.63, 3.8) is 0 Å². The Balaban J connectivity index is 1.58. The van der Waals surface area contributed by atoms with Crippen LogP contribution < -0.4 is 5.32 Å². The Morgan fingerprint density at radius 1 is 1.07 bits per heavy atom. The quantitative estimate of drug-likeness (QED) is 0.399. The number of para-hydroxylation sites is 1. The molecule has 136 valence electrons. The lowest BCUT2D eigenvalue weighted by molar-refractivity contribution is -0.113. The van der Waals surface area contributed by atoms with Crippen LogP contribution in [-0.2, 0) is 4.79 Å². The lowest BCUT2D eigenvalue weighted by atomic mass is 10.1. The number of carbonyl (C=O) groups excluding carboxylic acids is 1. The van der Waals surface area contributed by atoms with Crippen LogP contribution >= 0.6 is 11.8 Å². The van der Waals surface area contributed by atoms with E-state index in [-0.39, 0.29) is 11.7 Å². The molecule has 2 aromatic carbocycles. The third kappa shape index (κ3) is 3.40. The summed E-state index contributed by atoms with van der Waals surface area (Å²) < 4.78 is 5.95. The van der Waals surface area contributed by atoms with Crippen LogP contribution in [0.15, 0.2) is 51.9 Å². The highest BCUT2D eigenvalue weighted by molar-refractivity contribution is 8.00. The van der Waals surface area contributed by atoms with Crippen LogP contribution in [0, 0.1) is 20.8 Å². The number of thioether (sulfide) groups is 1. The van der Waals surface area contributed by atoms with Crippen molar-refractivity contribution >= 4 is 45.4 Å². The fourth-order valence-electron chi connectivity index (χ4n) is 2.98. The first-order valence-corrected chi connectivity index (χ1v) is 9.66. The zero-order valence-electron chi connectivity index (χ0n) is 15.4. The molecule has 6 heteroatoms. The number of nitrogens with zero attached hydrogens (tertiary/aromatic N) is 2. The summed E-state index contributed by atoms with van der Waals surface area (Å²) >= 11 is 1.36. The maximum absolute atomic E-state index is 12.4. The summed E-state index contributed by atoms with van der Waals surface area (Å²) in [6, 6.07) is 13.7. The SMILES string of the molecule is Cc1nc(SCC(=O)Nc2cccc(C)c2C)c2oc3ccccc3c2n1. The lowest BCUT2D eigenvalue weighted by Gasteiger charge is -2.10. The molecule has 0 aliphatic rings. The van der Waals surface area contributed by atoms with Crippen molar-refractivity contribution in [3.8, 4) is 0 Å². The summed E-state index contributed by atoms with van der Waals surface area (Å²) in [6.07, 6.45) is 0. The molecule has 0 unspecified atom stereocenters. The number of nitrogens with one attached hydrogen (secondary N) is 1. The first kappa shape index (κ1) is 17.5. The number of rotatable bonds is 4. The van der Waals surface area contributed by atoms with Crippen molar-refractivity contribution in [2.24, 2.45) is 0 Å². The van der Waals surface area contributed by atoms with E-state index in [0.717, 1.165) is 33.3 Å². The topological polar surface area (TPSA) is 68.0 Å². The van der Waals surface area contributed by atoms with Crippen LogP contribution in [0.25, 0.3) is 22.1 Å². The number of hydrogen-bond acceptors (Lipinski definition) is 5. The molecule has 0 aliphatic heterocycles. The molecule has 0 saturated carbocycles. The molecule has 1 amide bonds. The Kier molecular flexibility index (Phi) is 4.58. The van der Waals surface area contributed by atoms with Crippen molar-refractivity contribution < 1.29 is 9.21 Å². The molecule has 2 heterocycles. The molecule has 1 N–H and O–H groups in total. The van der Waals surface area contributed by atoms with Gasteiger partial charge in [-0.1, -0.05) is 36.0 Å². The van der Waals surface area contributed by atoms with Crippen LogP contribution in [0.3, 0.4) is 0 Å². The number of fused-ring (bicyclic) bond motifs is 3. The molecule has 0 atom stereocenters. The first-order valence-electron chi connectivity index (χ1n) is 8.67. The van der Waals surface area contributed by atoms with Crippen molar-refractivity contribution in [3.05, 3.63) is 59.4 Å². The zero-order valence-corrected chi connectivity index (χ0v) is 16.2. The Morgan fingerprint density at radius 3 is 2.74 bits per heavy atom. The molecular formula is C21H19N3O2S. The Morgan fingerprint density at radius 2 is 1.89 bits per heavy atom. The number of anilines is 1. The van der Waals surface area contributed by atoms with E-state index in [1.807, 2.05) is 63.2 Å². The van der Waals surface area contributed by atoms with E-state index >= 15 is 0 Å². The second-order valence-electron chi connectivity index (χ2n) is 6.44. The van der Waals surface area contributed by atoms with E-state index in [4.69, 9.17) is 4.42 Å². The normalized spacial score (nSPS) is 11.2. The average molecular weight is 377 g/mol. The van der Waals surface area contributed by atoms with Crippen LogP contribution in [0.4, 0.5) is 5.69 Å². The first-order chi connectivity index (χ1) is 13.0. The van der Waals surface area contributed by atoms with Crippen LogP contribution in [0.1, 0.15) is 17.0 Å². The van der Waals surface area contributed by atoms with Crippen LogP contribution in [-0.4, -0.2) is 21.6 Å². The molecule has 2 aromatic heterocycles.